The summed E-state index contributed by atoms with van der Waals surface area (Å²) in [5.74, 6) is -0.594. The van der Waals surface area contributed by atoms with Gasteiger partial charge >= 0.3 is 5.97 Å². The Morgan fingerprint density at radius 2 is 1.73 bits per heavy atom. The summed E-state index contributed by atoms with van der Waals surface area (Å²) in [7, 11) is 1.31. The van der Waals surface area contributed by atoms with Crippen molar-refractivity contribution in [3.05, 3.63) is 114 Å². The normalized spacial score (nSPS) is 15.8. The number of ether oxygens (including phenoxy) is 3. The quantitative estimate of drug-likeness (QED) is 0.187. The van der Waals surface area contributed by atoms with Crippen LogP contribution >= 0.6 is 15.9 Å². The van der Waals surface area contributed by atoms with E-state index >= 15 is 0 Å². The number of nitrogens with zero attached hydrogens (tertiary/aromatic N) is 1. The molecular formula is C30H25BrN2O7. The van der Waals surface area contributed by atoms with Gasteiger partial charge in [-0.1, -0.05) is 40.2 Å². The summed E-state index contributed by atoms with van der Waals surface area (Å²) >= 11 is 3.65. The number of halogens is 1. The molecule has 0 saturated heterocycles. The Balaban J connectivity index is 1.57. The summed E-state index contributed by atoms with van der Waals surface area (Å²) in [6, 6.07) is 16.9. The summed E-state index contributed by atoms with van der Waals surface area (Å²) in [5.41, 5.74) is 4.74. The van der Waals surface area contributed by atoms with E-state index in [1.54, 1.807) is 37.3 Å². The van der Waals surface area contributed by atoms with E-state index in [2.05, 4.69) is 21.2 Å². The summed E-state index contributed by atoms with van der Waals surface area (Å²) in [5, 5.41) is 14.2. The lowest BCUT2D eigenvalue weighted by Gasteiger charge is -2.30. The molecular weight excluding hydrogens is 580 g/mol. The molecule has 3 aromatic carbocycles. The van der Waals surface area contributed by atoms with E-state index in [-0.39, 0.29) is 18.1 Å². The number of methoxy groups -OCH3 is 1. The van der Waals surface area contributed by atoms with E-state index in [1.807, 2.05) is 25.1 Å². The predicted molar refractivity (Wildman–Crippen MR) is 151 cm³/mol. The van der Waals surface area contributed by atoms with Gasteiger partial charge in [0.15, 0.2) is 17.3 Å². The number of nitro benzene ring substituents is 1. The summed E-state index contributed by atoms with van der Waals surface area (Å²) in [6.07, 6.45) is 0. The number of ketones is 1. The SMILES string of the molecule is CCOc1cc([C@H]2C(C(=O)OC)=C(C)NC3=C2C(=O)c2ccccc23)c(Br)cc1OCc1ccc([N+](=O)[O-])cc1. The Labute approximate surface area is 238 Å². The number of carbonyl (C=O) groups is 2. The van der Waals surface area contributed by atoms with Crippen LogP contribution in [0.2, 0.25) is 0 Å². The highest BCUT2D eigenvalue weighted by Gasteiger charge is 2.43. The van der Waals surface area contributed by atoms with Crippen molar-refractivity contribution in [1.29, 1.82) is 0 Å². The van der Waals surface area contributed by atoms with Crippen molar-refractivity contribution in [3.63, 3.8) is 0 Å². The van der Waals surface area contributed by atoms with Crippen molar-refractivity contribution < 1.29 is 28.7 Å². The molecule has 0 fully saturated rings. The molecule has 0 amide bonds. The number of hydrogen-bond acceptors (Lipinski definition) is 8. The maximum absolute atomic E-state index is 13.7. The number of hydrogen-bond donors (Lipinski definition) is 1. The first-order valence-electron chi connectivity index (χ1n) is 12.5. The molecule has 1 heterocycles. The highest BCUT2D eigenvalue weighted by Crippen LogP contribution is 2.50. The zero-order valence-corrected chi connectivity index (χ0v) is 23.5. The zero-order valence-electron chi connectivity index (χ0n) is 21.9. The molecule has 0 radical (unpaired) electrons. The van der Waals surface area contributed by atoms with Gasteiger partial charge in [0.25, 0.3) is 5.69 Å². The van der Waals surface area contributed by atoms with Crippen molar-refractivity contribution >= 4 is 39.1 Å². The number of Topliss-reactive ketones (excluding diaryl/α,β-unsaturated/α-hetero) is 1. The molecule has 10 heteroatoms. The molecule has 1 atom stereocenters. The fourth-order valence-corrected chi connectivity index (χ4v) is 5.60. The average Bonchev–Trinajstić information content (AvgIpc) is 3.23. The standard InChI is InChI=1S/C30H25BrN2O7/c1-4-39-23-13-21(22(31)14-24(23)40-15-17-9-11-18(12-10-17)33(36)37)26-25(30(35)38-3)16(2)32-28-19-7-5-6-8-20(19)29(34)27(26)28/h5-14,26,32H,4,15H2,1-3H3/t26-/m0/s1. The van der Waals surface area contributed by atoms with Crippen LogP contribution in [0.25, 0.3) is 5.70 Å². The van der Waals surface area contributed by atoms with Gasteiger partial charge in [-0.2, -0.15) is 0 Å². The van der Waals surface area contributed by atoms with Gasteiger partial charge in [-0.15, -0.1) is 0 Å². The number of non-ortho nitro benzene ring substituents is 1. The number of rotatable bonds is 8. The van der Waals surface area contributed by atoms with Crippen molar-refractivity contribution in [2.45, 2.75) is 26.4 Å². The summed E-state index contributed by atoms with van der Waals surface area (Å²) in [4.78, 5) is 37.3. The van der Waals surface area contributed by atoms with Crippen molar-refractivity contribution in [2.75, 3.05) is 13.7 Å². The van der Waals surface area contributed by atoms with Gasteiger partial charge in [0.1, 0.15) is 6.61 Å². The Bertz CT molecular complexity index is 1610. The van der Waals surface area contributed by atoms with Gasteiger partial charge in [0.05, 0.1) is 35.8 Å². The number of carbonyl (C=O) groups excluding carboxylic acids is 2. The number of nitrogens with one attached hydrogen (secondary N) is 1. The largest absolute Gasteiger partial charge is 0.490 e. The van der Waals surface area contributed by atoms with Crippen molar-refractivity contribution in [1.82, 2.24) is 5.32 Å². The molecule has 9 nitrogen and oxygen atoms in total. The van der Waals surface area contributed by atoms with Crippen molar-refractivity contribution in [2.24, 2.45) is 0 Å². The first-order chi connectivity index (χ1) is 19.2. The summed E-state index contributed by atoms with van der Waals surface area (Å²) < 4.78 is 17.7. The lowest BCUT2D eigenvalue weighted by atomic mass is 9.79. The molecule has 204 valence electrons. The predicted octanol–water partition coefficient (Wildman–Crippen LogP) is 6.08. The average molecular weight is 605 g/mol. The molecule has 3 aromatic rings. The molecule has 0 bridgehead atoms. The third kappa shape index (κ3) is 4.75. The number of dihydropyridines is 1. The van der Waals surface area contributed by atoms with E-state index in [9.17, 15) is 19.7 Å². The molecule has 1 N–H and O–H groups in total. The second-order valence-electron chi connectivity index (χ2n) is 9.22. The van der Waals surface area contributed by atoms with Gasteiger partial charge in [0, 0.05) is 39.0 Å². The van der Waals surface area contributed by atoms with Crippen LogP contribution in [0.3, 0.4) is 0 Å². The zero-order chi connectivity index (χ0) is 28.6. The number of benzene rings is 3. The van der Waals surface area contributed by atoms with Crippen molar-refractivity contribution in [3.8, 4) is 11.5 Å². The van der Waals surface area contributed by atoms with E-state index in [4.69, 9.17) is 14.2 Å². The van der Waals surface area contributed by atoms with Crippen LogP contribution in [-0.2, 0) is 16.1 Å². The molecule has 5 rings (SSSR count). The van der Waals surface area contributed by atoms with Crippen LogP contribution in [0.4, 0.5) is 5.69 Å². The topological polar surface area (TPSA) is 117 Å². The lowest BCUT2D eigenvalue weighted by Crippen LogP contribution is -2.29. The molecule has 0 unspecified atom stereocenters. The number of nitro groups is 1. The van der Waals surface area contributed by atoms with Gasteiger partial charge < -0.3 is 19.5 Å². The molecule has 2 aliphatic rings. The lowest BCUT2D eigenvalue weighted by molar-refractivity contribution is -0.384. The Hall–Kier alpha value is -4.44. The Morgan fingerprint density at radius 3 is 2.38 bits per heavy atom. The second-order valence-corrected chi connectivity index (χ2v) is 10.1. The van der Waals surface area contributed by atoms with Crippen LogP contribution < -0.4 is 14.8 Å². The highest BCUT2D eigenvalue weighted by molar-refractivity contribution is 9.10. The Kier molecular flexibility index (Phi) is 7.44. The first-order valence-corrected chi connectivity index (χ1v) is 13.3. The molecule has 40 heavy (non-hydrogen) atoms. The molecule has 1 aliphatic carbocycles. The number of allylic oxidation sites excluding steroid dienone is 2. The minimum absolute atomic E-state index is 0.00475. The highest BCUT2D eigenvalue weighted by atomic mass is 79.9. The maximum Gasteiger partial charge on any atom is 0.336 e. The number of fused-ring (bicyclic) bond motifs is 2. The van der Waals surface area contributed by atoms with E-state index in [0.717, 1.165) is 11.1 Å². The fourth-order valence-electron chi connectivity index (χ4n) is 5.05. The summed E-state index contributed by atoms with van der Waals surface area (Å²) in [6.45, 7) is 4.12. The van der Waals surface area contributed by atoms with Gasteiger partial charge in [-0.05, 0) is 49.2 Å². The molecule has 1 aliphatic heterocycles. The monoisotopic (exact) mass is 604 g/mol. The van der Waals surface area contributed by atoms with E-state index < -0.39 is 16.8 Å². The molecule has 0 saturated carbocycles. The van der Waals surface area contributed by atoms with Crippen LogP contribution in [0.5, 0.6) is 11.5 Å². The molecule has 0 aromatic heterocycles. The smallest absolute Gasteiger partial charge is 0.336 e. The van der Waals surface area contributed by atoms with Gasteiger partial charge in [-0.3, -0.25) is 14.9 Å². The Morgan fingerprint density at radius 1 is 1.05 bits per heavy atom. The first kappa shape index (κ1) is 27.1. The van der Waals surface area contributed by atoms with Crippen LogP contribution in [-0.4, -0.2) is 30.4 Å². The van der Waals surface area contributed by atoms with Gasteiger partial charge in [0.2, 0.25) is 0 Å². The van der Waals surface area contributed by atoms with Crippen LogP contribution in [0, 0.1) is 10.1 Å². The minimum Gasteiger partial charge on any atom is -0.490 e. The third-order valence-corrected chi connectivity index (χ3v) is 7.56. The van der Waals surface area contributed by atoms with Crippen LogP contribution in [0.1, 0.15) is 46.8 Å². The van der Waals surface area contributed by atoms with E-state index in [0.29, 0.717) is 56.2 Å². The van der Waals surface area contributed by atoms with Crippen LogP contribution in [0.15, 0.2) is 82.0 Å². The number of esters is 1. The van der Waals surface area contributed by atoms with E-state index in [1.165, 1.54) is 19.2 Å². The fraction of sp³-hybridized carbons (Fsp3) is 0.200. The van der Waals surface area contributed by atoms with Gasteiger partial charge in [-0.25, -0.2) is 4.79 Å². The maximum atomic E-state index is 13.7. The molecule has 0 spiro atoms. The third-order valence-electron chi connectivity index (χ3n) is 6.87. The second kappa shape index (κ2) is 11.0. The minimum atomic E-state index is -0.735.